The van der Waals surface area contributed by atoms with Crippen LogP contribution in [0.15, 0.2) is 18.2 Å². The van der Waals surface area contributed by atoms with Gasteiger partial charge in [0.05, 0.1) is 18.8 Å². The molecule has 0 bridgehead atoms. The number of benzene rings is 1. The maximum absolute atomic E-state index is 12.4. The lowest BCUT2D eigenvalue weighted by Crippen LogP contribution is -2.52. The lowest BCUT2D eigenvalue weighted by Gasteiger charge is -2.36. The van der Waals surface area contributed by atoms with E-state index in [1.54, 1.807) is 18.2 Å². The van der Waals surface area contributed by atoms with Crippen molar-refractivity contribution in [2.75, 3.05) is 13.2 Å². The Balaban J connectivity index is 1.43. The molecule has 1 saturated heterocycles. The highest BCUT2D eigenvalue weighted by Crippen LogP contribution is 2.27. The number of halogens is 2. The number of carbonyl (C=O) groups is 2. The van der Waals surface area contributed by atoms with Crippen molar-refractivity contribution in [3.8, 4) is 0 Å². The summed E-state index contributed by atoms with van der Waals surface area (Å²) in [4.78, 5) is 24.6. The Labute approximate surface area is 181 Å². The van der Waals surface area contributed by atoms with E-state index in [1.165, 1.54) is 0 Å². The van der Waals surface area contributed by atoms with E-state index < -0.39 is 6.10 Å². The minimum Gasteiger partial charge on any atom is -0.394 e. The summed E-state index contributed by atoms with van der Waals surface area (Å²) < 4.78 is 5.98. The lowest BCUT2D eigenvalue weighted by molar-refractivity contribution is -0.131. The number of hydrogen-bond donors (Lipinski definition) is 3. The van der Waals surface area contributed by atoms with Gasteiger partial charge < -0.3 is 20.5 Å². The molecule has 8 heteroatoms. The molecule has 160 valence electrons. The fourth-order valence-electron chi connectivity index (χ4n) is 4.13. The van der Waals surface area contributed by atoms with E-state index in [9.17, 15) is 14.7 Å². The third kappa shape index (κ3) is 6.32. The Morgan fingerprint density at radius 2 is 1.76 bits per heavy atom. The molecule has 3 rings (SSSR count). The van der Waals surface area contributed by atoms with Gasteiger partial charge in [0, 0.05) is 28.1 Å². The summed E-state index contributed by atoms with van der Waals surface area (Å²) in [5.41, 5.74) is 0.412. The summed E-state index contributed by atoms with van der Waals surface area (Å²) in [6.07, 6.45) is 5.77. The molecule has 0 aromatic heterocycles. The summed E-state index contributed by atoms with van der Waals surface area (Å²) in [5, 5.41) is 16.4. The number of amides is 2. The van der Waals surface area contributed by atoms with Gasteiger partial charge in [-0.1, -0.05) is 36.0 Å². The number of aliphatic hydroxyl groups is 1. The molecule has 6 nitrogen and oxygen atoms in total. The van der Waals surface area contributed by atoms with Crippen LogP contribution in [0.5, 0.6) is 0 Å². The highest BCUT2D eigenvalue weighted by Gasteiger charge is 2.33. The van der Waals surface area contributed by atoms with Gasteiger partial charge in [-0.3, -0.25) is 9.59 Å². The molecule has 3 N–H and O–H groups in total. The number of rotatable bonds is 7. The Morgan fingerprint density at radius 1 is 1.07 bits per heavy atom. The second-order valence-electron chi connectivity index (χ2n) is 7.86. The number of ether oxygens (including phenoxy) is 1. The Hall–Kier alpha value is -1.34. The lowest BCUT2D eigenvalue weighted by atomic mass is 9.96. The molecule has 1 aromatic rings. The van der Waals surface area contributed by atoms with E-state index in [0.717, 1.165) is 38.5 Å². The van der Waals surface area contributed by atoms with Crippen LogP contribution in [-0.4, -0.2) is 48.3 Å². The molecule has 29 heavy (non-hydrogen) atoms. The van der Waals surface area contributed by atoms with Crippen molar-refractivity contribution in [2.24, 2.45) is 5.92 Å². The first-order valence-electron chi connectivity index (χ1n) is 10.3. The molecule has 0 unspecified atom stereocenters. The maximum atomic E-state index is 12.4. The number of aliphatic hydroxyl groups excluding tert-OH is 1. The van der Waals surface area contributed by atoms with Crippen LogP contribution >= 0.6 is 23.2 Å². The van der Waals surface area contributed by atoms with Crippen molar-refractivity contribution in [3.63, 3.8) is 0 Å². The van der Waals surface area contributed by atoms with Crippen molar-refractivity contribution in [3.05, 3.63) is 33.8 Å². The number of nitrogens with one attached hydrogen (secondary N) is 2. The zero-order valence-corrected chi connectivity index (χ0v) is 17.8. The molecule has 1 aromatic carbocycles. The summed E-state index contributed by atoms with van der Waals surface area (Å²) in [6.45, 7) is 0.296. The predicted octanol–water partition coefficient (Wildman–Crippen LogP) is 3.33. The van der Waals surface area contributed by atoms with E-state index in [4.69, 9.17) is 27.9 Å². The van der Waals surface area contributed by atoms with Gasteiger partial charge in [-0.15, -0.1) is 0 Å². The normalized spacial score (nSPS) is 25.0. The van der Waals surface area contributed by atoms with Crippen LogP contribution in [-0.2, 0) is 9.53 Å². The van der Waals surface area contributed by atoms with E-state index in [0.29, 0.717) is 28.6 Å². The van der Waals surface area contributed by atoms with Crippen LogP contribution in [0.25, 0.3) is 0 Å². The van der Waals surface area contributed by atoms with Crippen LogP contribution in [0, 0.1) is 5.92 Å². The van der Waals surface area contributed by atoms with Crippen LogP contribution < -0.4 is 10.6 Å². The number of carbonyl (C=O) groups excluding carboxylic acids is 2. The first-order chi connectivity index (χ1) is 14.0. The summed E-state index contributed by atoms with van der Waals surface area (Å²) >= 11 is 11.9. The predicted molar refractivity (Wildman–Crippen MR) is 112 cm³/mol. The Bertz CT molecular complexity index is 704. The van der Waals surface area contributed by atoms with Crippen molar-refractivity contribution in [1.82, 2.24) is 10.6 Å². The highest BCUT2D eigenvalue weighted by molar-refractivity contribution is 6.35. The summed E-state index contributed by atoms with van der Waals surface area (Å²) in [6, 6.07) is 4.55. The van der Waals surface area contributed by atoms with Gasteiger partial charge >= 0.3 is 0 Å². The topological polar surface area (TPSA) is 87.7 Å². The third-order valence-electron chi connectivity index (χ3n) is 5.73. The molecule has 2 fully saturated rings. The molecule has 3 atom stereocenters. The van der Waals surface area contributed by atoms with Gasteiger partial charge in [0.15, 0.2) is 0 Å². The molecule has 0 radical (unpaired) electrons. The molecular formula is C21H28Cl2N2O4. The fourth-order valence-corrected chi connectivity index (χ4v) is 4.66. The highest BCUT2D eigenvalue weighted by atomic mass is 35.5. The van der Waals surface area contributed by atoms with Crippen molar-refractivity contribution in [1.29, 1.82) is 0 Å². The quantitative estimate of drug-likeness (QED) is 0.604. The number of hydrogen-bond acceptors (Lipinski definition) is 4. The van der Waals surface area contributed by atoms with Gasteiger partial charge in [0.1, 0.15) is 6.10 Å². The average molecular weight is 443 g/mol. The van der Waals surface area contributed by atoms with Crippen LogP contribution in [0.3, 0.4) is 0 Å². The molecule has 2 amide bonds. The van der Waals surface area contributed by atoms with Crippen molar-refractivity contribution >= 4 is 35.0 Å². The minimum atomic E-state index is -0.415. The average Bonchev–Trinajstić information content (AvgIpc) is 3.23. The van der Waals surface area contributed by atoms with E-state index in [-0.39, 0.29) is 36.5 Å². The zero-order chi connectivity index (χ0) is 20.8. The first-order valence-corrected chi connectivity index (χ1v) is 11.0. The molecule has 0 spiro atoms. The van der Waals surface area contributed by atoms with E-state index in [1.807, 2.05) is 0 Å². The molecule has 1 saturated carbocycles. The maximum Gasteiger partial charge on any atom is 0.251 e. The fraction of sp³-hybridized carbons (Fsp3) is 0.619. The summed E-state index contributed by atoms with van der Waals surface area (Å²) in [7, 11) is 0. The molecule has 1 aliphatic heterocycles. The second-order valence-corrected chi connectivity index (χ2v) is 8.73. The van der Waals surface area contributed by atoms with Crippen LogP contribution in [0.1, 0.15) is 55.3 Å². The van der Waals surface area contributed by atoms with Gasteiger partial charge in [0.25, 0.3) is 5.91 Å². The first kappa shape index (κ1) is 22.3. The Morgan fingerprint density at radius 3 is 2.41 bits per heavy atom. The van der Waals surface area contributed by atoms with Crippen LogP contribution in [0.2, 0.25) is 10.0 Å². The summed E-state index contributed by atoms with van der Waals surface area (Å²) in [5.74, 6) is -0.0617. The zero-order valence-electron chi connectivity index (χ0n) is 16.3. The monoisotopic (exact) mass is 442 g/mol. The standard InChI is InChI=1S/C21H28Cl2N2O4/c22-15-9-14(10-16(23)11-15)20(27)24-8-7-17-5-6-18(19(12-26)29-17)25-21(28)13-3-1-2-4-13/h9-11,13,17-19,26H,1-8,12H2,(H,24,27)(H,25,28)/t17-,18-,19-/m0/s1. The van der Waals surface area contributed by atoms with Gasteiger partial charge in [-0.25, -0.2) is 0 Å². The van der Waals surface area contributed by atoms with E-state index in [2.05, 4.69) is 10.6 Å². The third-order valence-corrected chi connectivity index (χ3v) is 6.16. The molecule has 2 aliphatic rings. The Kier molecular flexibility index (Phi) is 8.18. The van der Waals surface area contributed by atoms with Crippen LogP contribution in [0.4, 0.5) is 0 Å². The SMILES string of the molecule is O=C(NCC[C@@H]1CC[C@H](NC(=O)C2CCCC2)[C@H](CO)O1)c1cc(Cl)cc(Cl)c1. The molecule has 1 aliphatic carbocycles. The van der Waals surface area contributed by atoms with Gasteiger partial charge in [-0.2, -0.15) is 0 Å². The second kappa shape index (κ2) is 10.6. The van der Waals surface area contributed by atoms with E-state index >= 15 is 0 Å². The smallest absolute Gasteiger partial charge is 0.251 e. The van der Waals surface area contributed by atoms with Gasteiger partial charge in [0.2, 0.25) is 5.91 Å². The largest absolute Gasteiger partial charge is 0.394 e. The minimum absolute atomic E-state index is 0.0740. The van der Waals surface area contributed by atoms with Crippen molar-refractivity contribution < 1.29 is 19.4 Å². The molecular weight excluding hydrogens is 415 g/mol. The molecule has 1 heterocycles. The van der Waals surface area contributed by atoms with Gasteiger partial charge in [-0.05, 0) is 50.3 Å². The van der Waals surface area contributed by atoms with Crippen molar-refractivity contribution in [2.45, 2.75) is 63.2 Å².